The molecule has 124 valence electrons. The molecule has 0 aromatic heterocycles. The van der Waals surface area contributed by atoms with E-state index in [2.05, 4.69) is 21.2 Å². The van der Waals surface area contributed by atoms with Gasteiger partial charge >= 0.3 is 0 Å². The minimum absolute atomic E-state index is 0.0574. The Morgan fingerprint density at radius 3 is 2.78 bits per heavy atom. The van der Waals surface area contributed by atoms with E-state index >= 15 is 0 Å². The monoisotopic (exact) mass is 378 g/mol. The van der Waals surface area contributed by atoms with Gasteiger partial charge in [0.1, 0.15) is 0 Å². The van der Waals surface area contributed by atoms with Crippen molar-refractivity contribution in [3.63, 3.8) is 0 Å². The van der Waals surface area contributed by atoms with Crippen molar-refractivity contribution >= 4 is 27.7 Å². The highest BCUT2D eigenvalue weighted by atomic mass is 79.9. The van der Waals surface area contributed by atoms with E-state index in [1.165, 1.54) is 19.3 Å². The van der Waals surface area contributed by atoms with Gasteiger partial charge in [-0.1, -0.05) is 47.3 Å². The largest absolute Gasteiger partial charge is 0.353 e. The normalized spacial score (nSPS) is 22.4. The summed E-state index contributed by atoms with van der Waals surface area (Å²) >= 11 is 3.45. The summed E-state index contributed by atoms with van der Waals surface area (Å²) < 4.78 is 1.01. The zero-order chi connectivity index (χ0) is 16.2. The highest BCUT2D eigenvalue weighted by Crippen LogP contribution is 2.23. The molecule has 1 aromatic carbocycles. The summed E-state index contributed by atoms with van der Waals surface area (Å²) in [6.07, 6.45) is 6.16. The second-order valence-electron chi connectivity index (χ2n) is 6.65. The summed E-state index contributed by atoms with van der Waals surface area (Å²) in [7, 11) is 0. The minimum atomic E-state index is -0.198. The van der Waals surface area contributed by atoms with E-state index in [0.29, 0.717) is 25.6 Å². The summed E-state index contributed by atoms with van der Waals surface area (Å²) in [6.45, 7) is 1.11. The Hall–Kier alpha value is -1.36. The predicted octanol–water partition coefficient (Wildman–Crippen LogP) is 3.25. The van der Waals surface area contributed by atoms with Crippen LogP contribution in [0.2, 0.25) is 0 Å². The maximum Gasteiger partial charge on any atom is 0.225 e. The summed E-state index contributed by atoms with van der Waals surface area (Å²) in [5.41, 5.74) is 1.08. The molecule has 3 rings (SSSR count). The Bertz CT molecular complexity index is 584. The van der Waals surface area contributed by atoms with E-state index in [0.717, 1.165) is 22.9 Å². The molecule has 1 aliphatic heterocycles. The number of carbonyl (C=O) groups excluding carboxylic acids is 2. The van der Waals surface area contributed by atoms with Crippen LogP contribution in [0.5, 0.6) is 0 Å². The molecule has 1 N–H and O–H groups in total. The molecule has 5 heteroatoms. The van der Waals surface area contributed by atoms with Crippen LogP contribution >= 0.6 is 15.9 Å². The fourth-order valence-corrected chi connectivity index (χ4v) is 3.97. The Kier molecular flexibility index (Phi) is 5.36. The van der Waals surface area contributed by atoms with E-state index in [4.69, 9.17) is 0 Å². The maximum absolute atomic E-state index is 12.4. The third-order valence-corrected chi connectivity index (χ3v) is 5.29. The molecule has 1 aromatic rings. The molecule has 2 amide bonds. The highest BCUT2D eigenvalue weighted by molar-refractivity contribution is 9.10. The van der Waals surface area contributed by atoms with Crippen LogP contribution < -0.4 is 5.32 Å². The van der Waals surface area contributed by atoms with Crippen molar-refractivity contribution in [3.05, 3.63) is 34.3 Å². The van der Waals surface area contributed by atoms with E-state index < -0.39 is 0 Å². The van der Waals surface area contributed by atoms with Crippen molar-refractivity contribution in [2.75, 3.05) is 6.54 Å². The van der Waals surface area contributed by atoms with Crippen LogP contribution in [0.3, 0.4) is 0 Å². The first-order valence-corrected chi connectivity index (χ1v) is 9.24. The minimum Gasteiger partial charge on any atom is -0.353 e. The SMILES string of the molecule is O=C(NC1CCCCC1)[C@H]1CC(=O)N(Cc2cccc(Br)c2)C1. The lowest BCUT2D eigenvalue weighted by atomic mass is 9.95. The summed E-state index contributed by atoms with van der Waals surface area (Å²) in [6, 6.07) is 8.27. The zero-order valence-electron chi connectivity index (χ0n) is 13.3. The predicted molar refractivity (Wildman–Crippen MR) is 92.7 cm³/mol. The number of benzene rings is 1. The van der Waals surface area contributed by atoms with Gasteiger partial charge < -0.3 is 10.2 Å². The molecule has 1 heterocycles. The average molecular weight is 379 g/mol. The van der Waals surface area contributed by atoms with Crippen molar-refractivity contribution in [2.24, 2.45) is 5.92 Å². The smallest absolute Gasteiger partial charge is 0.225 e. The van der Waals surface area contributed by atoms with Gasteiger partial charge in [0, 0.05) is 30.0 Å². The molecule has 4 nitrogen and oxygen atoms in total. The van der Waals surface area contributed by atoms with Gasteiger partial charge in [0.2, 0.25) is 11.8 Å². The lowest BCUT2D eigenvalue weighted by Gasteiger charge is -2.24. The molecule has 1 aliphatic carbocycles. The van der Waals surface area contributed by atoms with Crippen molar-refractivity contribution in [1.29, 1.82) is 0 Å². The summed E-state index contributed by atoms with van der Waals surface area (Å²) in [5, 5.41) is 3.15. The third kappa shape index (κ3) is 4.34. The number of rotatable bonds is 4. The van der Waals surface area contributed by atoms with Gasteiger partial charge in [-0.25, -0.2) is 0 Å². The molecule has 1 atom stereocenters. The van der Waals surface area contributed by atoms with E-state index in [-0.39, 0.29) is 17.7 Å². The number of amides is 2. The summed E-state index contributed by atoms with van der Waals surface area (Å²) in [5.74, 6) is -0.0626. The van der Waals surface area contributed by atoms with Crippen LogP contribution in [0, 0.1) is 5.92 Å². The van der Waals surface area contributed by atoms with Gasteiger partial charge in [0.15, 0.2) is 0 Å². The van der Waals surface area contributed by atoms with E-state index in [9.17, 15) is 9.59 Å². The standard InChI is InChI=1S/C18H23BrN2O2/c19-15-6-4-5-13(9-15)11-21-12-14(10-17(21)22)18(23)20-16-7-2-1-3-8-16/h4-6,9,14,16H,1-3,7-8,10-12H2,(H,20,23)/t14-/m0/s1. The van der Waals surface area contributed by atoms with Gasteiger partial charge in [-0.15, -0.1) is 0 Å². The van der Waals surface area contributed by atoms with Crippen LogP contribution in [0.1, 0.15) is 44.1 Å². The number of carbonyl (C=O) groups is 2. The van der Waals surface area contributed by atoms with Crippen molar-refractivity contribution in [2.45, 2.75) is 51.1 Å². The fraction of sp³-hybridized carbons (Fsp3) is 0.556. The molecule has 1 saturated heterocycles. The Balaban J connectivity index is 1.55. The molecule has 23 heavy (non-hydrogen) atoms. The molecule has 0 radical (unpaired) electrons. The molecule has 0 bridgehead atoms. The first-order chi connectivity index (χ1) is 11.1. The van der Waals surface area contributed by atoms with Gasteiger partial charge in [-0.2, -0.15) is 0 Å². The van der Waals surface area contributed by atoms with Crippen LogP contribution in [-0.4, -0.2) is 29.3 Å². The molecule has 2 aliphatic rings. The maximum atomic E-state index is 12.4. The van der Waals surface area contributed by atoms with Gasteiger partial charge in [0.05, 0.1) is 5.92 Å². The lowest BCUT2D eigenvalue weighted by molar-refractivity contribution is -0.129. The topological polar surface area (TPSA) is 49.4 Å². The molecule has 0 spiro atoms. The van der Waals surface area contributed by atoms with Crippen LogP contribution in [0.4, 0.5) is 0 Å². The van der Waals surface area contributed by atoms with Crippen LogP contribution in [-0.2, 0) is 16.1 Å². The average Bonchev–Trinajstić information content (AvgIpc) is 2.89. The Morgan fingerprint density at radius 1 is 1.26 bits per heavy atom. The molecule has 1 saturated carbocycles. The first kappa shape index (κ1) is 16.5. The molecule has 2 fully saturated rings. The lowest BCUT2D eigenvalue weighted by Crippen LogP contribution is -2.40. The van der Waals surface area contributed by atoms with Crippen LogP contribution in [0.15, 0.2) is 28.7 Å². The highest BCUT2D eigenvalue weighted by Gasteiger charge is 2.35. The second-order valence-corrected chi connectivity index (χ2v) is 7.56. The van der Waals surface area contributed by atoms with Crippen molar-refractivity contribution in [1.82, 2.24) is 10.2 Å². The number of nitrogens with zero attached hydrogens (tertiary/aromatic N) is 1. The van der Waals surface area contributed by atoms with E-state index in [1.54, 1.807) is 4.90 Å². The number of hydrogen-bond acceptors (Lipinski definition) is 2. The van der Waals surface area contributed by atoms with Crippen molar-refractivity contribution in [3.8, 4) is 0 Å². The molecular formula is C18H23BrN2O2. The van der Waals surface area contributed by atoms with Gasteiger partial charge in [-0.05, 0) is 30.5 Å². The third-order valence-electron chi connectivity index (χ3n) is 4.80. The molecule has 0 unspecified atom stereocenters. The fourth-order valence-electron chi connectivity index (χ4n) is 3.52. The zero-order valence-corrected chi connectivity index (χ0v) is 14.8. The number of nitrogens with one attached hydrogen (secondary N) is 1. The van der Waals surface area contributed by atoms with Gasteiger partial charge in [0.25, 0.3) is 0 Å². The number of hydrogen-bond donors (Lipinski definition) is 1. The molecular weight excluding hydrogens is 356 g/mol. The Morgan fingerprint density at radius 2 is 2.04 bits per heavy atom. The summed E-state index contributed by atoms with van der Waals surface area (Å²) in [4.78, 5) is 26.4. The van der Waals surface area contributed by atoms with E-state index in [1.807, 2.05) is 24.3 Å². The van der Waals surface area contributed by atoms with Crippen LogP contribution in [0.25, 0.3) is 0 Å². The van der Waals surface area contributed by atoms with Crippen molar-refractivity contribution < 1.29 is 9.59 Å². The van der Waals surface area contributed by atoms with Gasteiger partial charge in [-0.3, -0.25) is 9.59 Å². The Labute approximate surface area is 145 Å². The number of halogens is 1. The quantitative estimate of drug-likeness (QED) is 0.873. The number of likely N-dealkylation sites (tertiary alicyclic amines) is 1. The first-order valence-electron chi connectivity index (χ1n) is 8.44. The second kappa shape index (κ2) is 7.47.